The first kappa shape index (κ1) is 14.4. The standard InChI is InChI=1S/C16H19N3O.ClH/c20-15(12-10-16(12)5-8-17-9-6-16)19-14-3-1-2-13-11(14)4-7-18-13;/h1-4,7,12,17-18H,5-6,8-10H2,(H,19,20);1H. The Morgan fingerprint density at radius 2 is 2.05 bits per heavy atom. The van der Waals surface area contributed by atoms with E-state index in [1.165, 1.54) is 0 Å². The number of aromatic amines is 1. The number of aromatic nitrogens is 1. The van der Waals surface area contributed by atoms with Gasteiger partial charge in [0.15, 0.2) is 0 Å². The maximum atomic E-state index is 12.5. The summed E-state index contributed by atoms with van der Waals surface area (Å²) in [5.41, 5.74) is 2.28. The van der Waals surface area contributed by atoms with Gasteiger partial charge in [0.2, 0.25) is 5.91 Å². The number of hydrogen-bond acceptors (Lipinski definition) is 2. The van der Waals surface area contributed by atoms with Crippen molar-refractivity contribution in [2.75, 3.05) is 18.4 Å². The van der Waals surface area contributed by atoms with Crippen molar-refractivity contribution < 1.29 is 4.79 Å². The molecule has 2 heterocycles. The van der Waals surface area contributed by atoms with Crippen LogP contribution in [-0.2, 0) is 4.79 Å². The molecule has 5 heteroatoms. The summed E-state index contributed by atoms with van der Waals surface area (Å²) < 4.78 is 0. The maximum Gasteiger partial charge on any atom is 0.228 e. The molecule has 1 saturated carbocycles. The van der Waals surface area contributed by atoms with Gasteiger partial charge >= 0.3 is 0 Å². The summed E-state index contributed by atoms with van der Waals surface area (Å²) in [5, 5.41) is 7.58. The van der Waals surface area contributed by atoms with Crippen LogP contribution in [0.5, 0.6) is 0 Å². The molecule has 112 valence electrons. The first-order chi connectivity index (χ1) is 9.78. The van der Waals surface area contributed by atoms with Crippen molar-refractivity contribution in [1.82, 2.24) is 10.3 Å². The second-order valence-electron chi connectivity index (χ2n) is 6.10. The monoisotopic (exact) mass is 305 g/mol. The van der Waals surface area contributed by atoms with Gasteiger partial charge in [-0.2, -0.15) is 0 Å². The highest BCUT2D eigenvalue weighted by molar-refractivity contribution is 6.03. The fraction of sp³-hybridized carbons (Fsp3) is 0.438. The highest BCUT2D eigenvalue weighted by Crippen LogP contribution is 2.58. The molecule has 4 rings (SSSR count). The summed E-state index contributed by atoms with van der Waals surface area (Å²) in [6.45, 7) is 2.11. The van der Waals surface area contributed by atoms with E-state index < -0.39 is 0 Å². The molecule has 0 radical (unpaired) electrons. The van der Waals surface area contributed by atoms with Gasteiger partial charge in [-0.3, -0.25) is 4.79 Å². The SMILES string of the molecule is Cl.O=C(Nc1cccc2[nH]ccc12)C1CC12CCNCC2. The molecule has 1 unspecified atom stereocenters. The topological polar surface area (TPSA) is 56.9 Å². The van der Waals surface area contributed by atoms with Crippen LogP contribution in [0.2, 0.25) is 0 Å². The van der Waals surface area contributed by atoms with E-state index in [2.05, 4.69) is 15.6 Å². The van der Waals surface area contributed by atoms with Gasteiger partial charge in [-0.1, -0.05) is 6.07 Å². The normalized spacial score (nSPS) is 22.8. The van der Waals surface area contributed by atoms with Crippen molar-refractivity contribution in [2.45, 2.75) is 19.3 Å². The highest BCUT2D eigenvalue weighted by atomic mass is 35.5. The number of nitrogens with one attached hydrogen (secondary N) is 3. The largest absolute Gasteiger partial charge is 0.361 e. The highest BCUT2D eigenvalue weighted by Gasteiger charge is 2.57. The number of rotatable bonds is 2. The van der Waals surface area contributed by atoms with Crippen LogP contribution < -0.4 is 10.6 Å². The summed E-state index contributed by atoms with van der Waals surface area (Å²) in [6.07, 6.45) is 5.24. The van der Waals surface area contributed by atoms with Crippen molar-refractivity contribution in [1.29, 1.82) is 0 Å². The molecule has 1 aromatic carbocycles. The third kappa shape index (κ3) is 2.43. The zero-order valence-electron chi connectivity index (χ0n) is 11.8. The Kier molecular flexibility index (Phi) is 3.68. The minimum atomic E-state index is 0. The fourth-order valence-electron chi connectivity index (χ4n) is 3.61. The zero-order valence-corrected chi connectivity index (χ0v) is 12.6. The smallest absolute Gasteiger partial charge is 0.228 e. The quantitative estimate of drug-likeness (QED) is 0.799. The van der Waals surface area contributed by atoms with Crippen LogP contribution in [-0.4, -0.2) is 24.0 Å². The van der Waals surface area contributed by atoms with E-state index >= 15 is 0 Å². The molecule has 1 aromatic heterocycles. The molecule has 1 aliphatic heterocycles. The Morgan fingerprint density at radius 1 is 1.24 bits per heavy atom. The van der Waals surface area contributed by atoms with E-state index in [9.17, 15) is 4.79 Å². The minimum Gasteiger partial charge on any atom is -0.361 e. The molecular weight excluding hydrogens is 286 g/mol. The number of carbonyl (C=O) groups is 1. The lowest BCUT2D eigenvalue weighted by molar-refractivity contribution is -0.118. The fourth-order valence-corrected chi connectivity index (χ4v) is 3.61. The number of amides is 1. The van der Waals surface area contributed by atoms with Crippen LogP contribution >= 0.6 is 12.4 Å². The molecule has 2 fully saturated rings. The number of anilines is 1. The van der Waals surface area contributed by atoms with Gasteiger partial charge in [-0.25, -0.2) is 0 Å². The Bertz CT molecular complexity index is 660. The maximum absolute atomic E-state index is 12.5. The van der Waals surface area contributed by atoms with Crippen molar-refractivity contribution in [3.8, 4) is 0 Å². The molecule has 1 saturated heterocycles. The number of H-pyrrole nitrogens is 1. The number of carbonyl (C=O) groups excluding carboxylic acids is 1. The Hall–Kier alpha value is -1.52. The average Bonchev–Trinajstić information content (AvgIpc) is 2.95. The molecular formula is C16H20ClN3O. The lowest BCUT2D eigenvalue weighted by Gasteiger charge is -2.23. The lowest BCUT2D eigenvalue weighted by atomic mass is 9.92. The first-order valence-electron chi connectivity index (χ1n) is 7.36. The van der Waals surface area contributed by atoms with Gasteiger partial charge in [-0.15, -0.1) is 12.4 Å². The van der Waals surface area contributed by atoms with Crippen molar-refractivity contribution in [3.63, 3.8) is 0 Å². The molecule has 1 spiro atoms. The third-order valence-electron chi connectivity index (χ3n) is 4.96. The summed E-state index contributed by atoms with van der Waals surface area (Å²) in [5.74, 6) is 0.402. The molecule has 4 nitrogen and oxygen atoms in total. The van der Waals surface area contributed by atoms with Gasteiger partial charge in [0.05, 0.1) is 5.69 Å². The number of fused-ring (bicyclic) bond motifs is 1. The number of hydrogen-bond donors (Lipinski definition) is 3. The van der Waals surface area contributed by atoms with Crippen LogP contribution in [0.25, 0.3) is 10.9 Å². The van der Waals surface area contributed by atoms with Crippen LogP contribution in [0.1, 0.15) is 19.3 Å². The Labute approximate surface area is 130 Å². The van der Waals surface area contributed by atoms with Crippen LogP contribution in [0.3, 0.4) is 0 Å². The van der Waals surface area contributed by atoms with Crippen molar-refractivity contribution in [2.24, 2.45) is 11.3 Å². The molecule has 2 aliphatic rings. The average molecular weight is 306 g/mol. The van der Waals surface area contributed by atoms with Gasteiger partial charge in [0.1, 0.15) is 0 Å². The molecule has 3 N–H and O–H groups in total. The zero-order chi connectivity index (χ0) is 13.6. The Morgan fingerprint density at radius 3 is 2.86 bits per heavy atom. The van der Waals surface area contributed by atoms with Gasteiger partial charge in [0.25, 0.3) is 0 Å². The van der Waals surface area contributed by atoms with Crippen molar-refractivity contribution >= 4 is 34.9 Å². The summed E-state index contributed by atoms with van der Waals surface area (Å²) >= 11 is 0. The predicted octanol–water partition coefficient (Wildman–Crippen LogP) is 2.92. The lowest BCUT2D eigenvalue weighted by Crippen LogP contribution is -2.31. The molecule has 21 heavy (non-hydrogen) atoms. The molecule has 1 amide bonds. The van der Waals surface area contributed by atoms with E-state index in [1.807, 2.05) is 30.5 Å². The van der Waals surface area contributed by atoms with Crippen molar-refractivity contribution in [3.05, 3.63) is 30.5 Å². The van der Waals surface area contributed by atoms with Gasteiger partial charge < -0.3 is 15.6 Å². The molecule has 1 aliphatic carbocycles. The van der Waals surface area contributed by atoms with Gasteiger partial charge in [-0.05, 0) is 56.0 Å². The first-order valence-corrected chi connectivity index (χ1v) is 7.36. The second kappa shape index (κ2) is 5.35. The number of benzene rings is 1. The third-order valence-corrected chi connectivity index (χ3v) is 4.96. The van der Waals surface area contributed by atoms with Crippen LogP contribution in [0.4, 0.5) is 5.69 Å². The molecule has 1 atom stereocenters. The summed E-state index contributed by atoms with van der Waals surface area (Å²) in [7, 11) is 0. The number of piperidine rings is 1. The van der Waals surface area contributed by atoms with Gasteiger partial charge in [0, 0.05) is 23.0 Å². The van der Waals surface area contributed by atoms with E-state index in [-0.39, 0.29) is 24.2 Å². The molecule has 2 aromatic rings. The Balaban J connectivity index is 0.00000132. The second-order valence-corrected chi connectivity index (χ2v) is 6.10. The van der Waals surface area contributed by atoms with Crippen LogP contribution in [0.15, 0.2) is 30.5 Å². The minimum absolute atomic E-state index is 0. The molecule has 0 bridgehead atoms. The summed E-state index contributed by atoms with van der Waals surface area (Å²) in [4.78, 5) is 15.6. The summed E-state index contributed by atoms with van der Waals surface area (Å²) in [6, 6.07) is 7.99. The van der Waals surface area contributed by atoms with E-state index in [0.717, 1.165) is 48.9 Å². The van der Waals surface area contributed by atoms with E-state index in [4.69, 9.17) is 0 Å². The van der Waals surface area contributed by atoms with E-state index in [1.54, 1.807) is 0 Å². The van der Waals surface area contributed by atoms with E-state index in [0.29, 0.717) is 5.41 Å². The van der Waals surface area contributed by atoms with Crippen LogP contribution in [0, 0.1) is 11.3 Å². The number of halogens is 1. The predicted molar refractivity (Wildman–Crippen MR) is 86.8 cm³/mol.